The lowest BCUT2D eigenvalue weighted by molar-refractivity contribution is -0.260. The third kappa shape index (κ3) is 1.56. The van der Waals surface area contributed by atoms with Crippen LogP contribution in [0.2, 0.25) is 0 Å². The van der Waals surface area contributed by atoms with Crippen LogP contribution >= 0.6 is 0 Å². The summed E-state index contributed by atoms with van der Waals surface area (Å²) in [7, 11) is 0. The molecule has 1 N–H and O–H groups in total. The van der Waals surface area contributed by atoms with Crippen LogP contribution in [0.15, 0.2) is 24.3 Å². The van der Waals surface area contributed by atoms with Gasteiger partial charge in [0.05, 0.1) is 19.3 Å². The zero-order valence-electron chi connectivity index (χ0n) is 13.0. The molecule has 0 spiro atoms. The first-order chi connectivity index (χ1) is 10.0. The van der Waals surface area contributed by atoms with Crippen LogP contribution < -0.4 is 4.74 Å². The van der Waals surface area contributed by atoms with Crippen LogP contribution in [0, 0.1) is 23.2 Å². The second-order valence-electron chi connectivity index (χ2n) is 7.50. The number of ether oxygens (including phenoxy) is 2. The van der Waals surface area contributed by atoms with Gasteiger partial charge in [-0.3, -0.25) is 0 Å². The fourth-order valence-corrected chi connectivity index (χ4v) is 5.29. The van der Waals surface area contributed by atoms with E-state index in [0.717, 1.165) is 12.2 Å². The van der Waals surface area contributed by atoms with Crippen molar-refractivity contribution in [3.8, 4) is 5.75 Å². The van der Waals surface area contributed by atoms with Crippen LogP contribution in [0.25, 0.3) is 0 Å². The molecule has 2 bridgehead atoms. The van der Waals surface area contributed by atoms with E-state index in [-0.39, 0.29) is 23.7 Å². The maximum atomic E-state index is 10.1. The highest BCUT2D eigenvalue weighted by Gasteiger charge is 2.64. The molecule has 0 radical (unpaired) electrons. The number of para-hydroxylation sites is 1. The summed E-state index contributed by atoms with van der Waals surface area (Å²) in [4.78, 5) is 0. The minimum atomic E-state index is -0.197. The van der Waals surface area contributed by atoms with Gasteiger partial charge in [-0.25, -0.2) is 0 Å². The molecule has 0 aromatic heterocycles. The summed E-state index contributed by atoms with van der Waals surface area (Å²) in [5.41, 5.74) is 0.862. The van der Waals surface area contributed by atoms with E-state index in [1.165, 1.54) is 5.56 Å². The molecule has 1 saturated carbocycles. The minimum Gasteiger partial charge on any atom is -0.487 e. The first-order valence-electron chi connectivity index (χ1n) is 8.02. The number of rotatable bonds is 1. The molecule has 0 amide bonds. The largest absolute Gasteiger partial charge is 0.487 e. The highest BCUT2D eigenvalue weighted by molar-refractivity contribution is 5.40. The third-order valence-corrected chi connectivity index (χ3v) is 6.56. The Morgan fingerprint density at radius 3 is 2.81 bits per heavy atom. The fourth-order valence-electron chi connectivity index (χ4n) is 5.29. The van der Waals surface area contributed by atoms with E-state index in [4.69, 9.17) is 9.47 Å². The van der Waals surface area contributed by atoms with Gasteiger partial charge in [0.15, 0.2) is 0 Å². The molecule has 1 aromatic carbocycles. The Kier molecular flexibility index (Phi) is 2.74. The Hall–Kier alpha value is -1.06. The molecular weight excluding hydrogens is 264 g/mol. The predicted molar refractivity (Wildman–Crippen MR) is 80.1 cm³/mol. The molecular formula is C18H24O3. The van der Waals surface area contributed by atoms with Crippen molar-refractivity contribution in [1.82, 2.24) is 0 Å². The van der Waals surface area contributed by atoms with Crippen molar-refractivity contribution in [1.29, 1.82) is 0 Å². The molecule has 1 aromatic rings. The van der Waals surface area contributed by atoms with Crippen LogP contribution in [-0.4, -0.2) is 23.9 Å². The number of aliphatic hydroxyl groups excluding tert-OH is 1. The van der Waals surface area contributed by atoms with Gasteiger partial charge in [0.1, 0.15) is 11.4 Å². The number of benzene rings is 1. The molecule has 4 rings (SSSR count). The van der Waals surface area contributed by atoms with Crippen LogP contribution in [0.1, 0.15) is 38.9 Å². The van der Waals surface area contributed by atoms with E-state index >= 15 is 0 Å². The molecule has 114 valence electrons. The van der Waals surface area contributed by atoms with Crippen LogP contribution in [0.5, 0.6) is 5.75 Å². The third-order valence-electron chi connectivity index (χ3n) is 6.56. The average molecular weight is 288 g/mol. The molecule has 21 heavy (non-hydrogen) atoms. The van der Waals surface area contributed by atoms with Gasteiger partial charge in [0.2, 0.25) is 0 Å². The normalized spacial score (nSPS) is 47.4. The lowest BCUT2D eigenvalue weighted by Gasteiger charge is -2.63. The Morgan fingerprint density at radius 2 is 2.05 bits per heavy atom. The van der Waals surface area contributed by atoms with E-state index in [0.29, 0.717) is 24.4 Å². The highest BCUT2D eigenvalue weighted by atomic mass is 16.5. The summed E-state index contributed by atoms with van der Waals surface area (Å²) >= 11 is 0. The summed E-state index contributed by atoms with van der Waals surface area (Å²) in [5, 5.41) is 10.1. The summed E-state index contributed by atoms with van der Waals surface area (Å²) in [5.74, 6) is 2.07. The van der Waals surface area contributed by atoms with Crippen molar-refractivity contribution in [2.45, 2.75) is 38.9 Å². The number of hydrogen-bond donors (Lipinski definition) is 1. The number of aliphatic hydroxyl groups is 1. The Morgan fingerprint density at radius 1 is 1.29 bits per heavy atom. The lowest BCUT2D eigenvalue weighted by atomic mass is 9.50. The molecule has 2 aliphatic heterocycles. The highest BCUT2D eigenvalue weighted by Crippen LogP contribution is 2.63. The van der Waals surface area contributed by atoms with Crippen LogP contribution in [0.3, 0.4) is 0 Å². The Balaban J connectivity index is 1.87. The first-order valence-corrected chi connectivity index (χ1v) is 8.02. The molecule has 0 unspecified atom stereocenters. The van der Waals surface area contributed by atoms with Gasteiger partial charge in [-0.2, -0.15) is 0 Å². The van der Waals surface area contributed by atoms with E-state index < -0.39 is 0 Å². The molecule has 3 heteroatoms. The minimum absolute atomic E-state index is 0.0992. The SMILES string of the molecule is C[C@@H]1C[C@]2(C)Oc3ccccc3[C@@H]3OC[C@]1(CO)[C@@H](C)[C@H]32. The summed E-state index contributed by atoms with van der Waals surface area (Å²) in [6.45, 7) is 7.60. The van der Waals surface area contributed by atoms with E-state index in [1.807, 2.05) is 6.07 Å². The Labute approximate surface area is 126 Å². The molecule has 3 aliphatic rings. The van der Waals surface area contributed by atoms with Gasteiger partial charge in [-0.1, -0.05) is 32.0 Å². The number of hydrogen-bond acceptors (Lipinski definition) is 3. The van der Waals surface area contributed by atoms with Gasteiger partial charge in [0, 0.05) is 16.9 Å². The number of fused-ring (bicyclic) bond motifs is 3. The zero-order chi connectivity index (χ0) is 14.8. The van der Waals surface area contributed by atoms with Crippen molar-refractivity contribution in [2.24, 2.45) is 23.2 Å². The topological polar surface area (TPSA) is 38.7 Å². The first kappa shape index (κ1) is 13.6. The van der Waals surface area contributed by atoms with Gasteiger partial charge < -0.3 is 14.6 Å². The molecule has 6 atom stereocenters. The second-order valence-corrected chi connectivity index (χ2v) is 7.50. The van der Waals surface area contributed by atoms with E-state index in [1.54, 1.807) is 0 Å². The van der Waals surface area contributed by atoms with E-state index in [9.17, 15) is 5.11 Å². The maximum Gasteiger partial charge on any atom is 0.125 e. The van der Waals surface area contributed by atoms with Crippen molar-refractivity contribution < 1.29 is 14.6 Å². The van der Waals surface area contributed by atoms with Gasteiger partial charge >= 0.3 is 0 Å². The van der Waals surface area contributed by atoms with E-state index in [2.05, 4.69) is 39.0 Å². The standard InChI is InChI=1S/C18H24O3/c1-11-8-17(3)15-12(2)18(11,9-19)10-20-16(15)13-6-4-5-7-14(13)21-17/h4-7,11-12,15-16,19H,8-10H2,1-3H3/t11-,12+,15-,16+,17+,18+/m1/s1. The summed E-state index contributed by atoms with van der Waals surface area (Å²) in [6.07, 6.45) is 1.08. The van der Waals surface area contributed by atoms with Crippen molar-refractivity contribution >= 4 is 0 Å². The monoisotopic (exact) mass is 288 g/mol. The predicted octanol–water partition coefficient (Wildman–Crippen LogP) is 3.18. The van der Waals surface area contributed by atoms with Gasteiger partial charge in [0.25, 0.3) is 0 Å². The quantitative estimate of drug-likeness (QED) is 0.862. The summed E-state index contributed by atoms with van der Waals surface area (Å²) < 4.78 is 12.7. The van der Waals surface area contributed by atoms with Crippen molar-refractivity contribution in [2.75, 3.05) is 13.2 Å². The summed E-state index contributed by atoms with van der Waals surface area (Å²) in [6, 6.07) is 8.26. The average Bonchev–Trinajstić information content (AvgIpc) is 2.46. The molecule has 1 aliphatic carbocycles. The van der Waals surface area contributed by atoms with Crippen molar-refractivity contribution in [3.63, 3.8) is 0 Å². The van der Waals surface area contributed by atoms with Crippen LogP contribution in [0.4, 0.5) is 0 Å². The second kappa shape index (κ2) is 4.23. The fraction of sp³-hybridized carbons (Fsp3) is 0.667. The van der Waals surface area contributed by atoms with Gasteiger partial charge in [-0.05, 0) is 31.2 Å². The molecule has 1 saturated heterocycles. The molecule has 3 nitrogen and oxygen atoms in total. The lowest BCUT2D eigenvalue weighted by Crippen LogP contribution is -2.65. The van der Waals surface area contributed by atoms with Gasteiger partial charge in [-0.15, -0.1) is 0 Å². The Bertz CT molecular complexity index is 571. The maximum absolute atomic E-state index is 10.1. The van der Waals surface area contributed by atoms with Crippen LogP contribution in [-0.2, 0) is 4.74 Å². The van der Waals surface area contributed by atoms with Crippen molar-refractivity contribution in [3.05, 3.63) is 29.8 Å². The zero-order valence-corrected chi connectivity index (χ0v) is 13.0. The molecule has 2 fully saturated rings. The molecule has 2 heterocycles. The smallest absolute Gasteiger partial charge is 0.125 e.